The van der Waals surface area contributed by atoms with E-state index in [4.69, 9.17) is 0 Å². The van der Waals surface area contributed by atoms with Crippen molar-refractivity contribution in [3.8, 4) is 11.4 Å². The molecule has 0 saturated heterocycles. The Bertz CT molecular complexity index is 307. The maximum absolute atomic E-state index is 4.06. The molecule has 12 heavy (non-hydrogen) atoms. The largest absolute Gasteiger partial charge is 0.255 e. The molecule has 0 aliphatic carbocycles. The highest BCUT2D eigenvalue weighted by Crippen LogP contribution is 2.09. The zero-order chi connectivity index (χ0) is 8.23. The molecule has 0 aliphatic heterocycles. The maximum Gasteiger partial charge on any atom is 0.159 e. The highest BCUT2D eigenvalue weighted by molar-refractivity contribution is 5.52. The summed E-state index contributed by atoms with van der Waals surface area (Å²) in [4.78, 5) is 11.8. The van der Waals surface area contributed by atoms with Crippen LogP contribution < -0.4 is 0 Å². The van der Waals surface area contributed by atoms with Gasteiger partial charge in [0.1, 0.15) is 0 Å². The average molecular weight is 155 g/mol. The number of nitrogens with zero attached hydrogens (tertiary/aromatic N) is 3. The Morgan fingerprint density at radius 1 is 1.17 bits per heavy atom. The van der Waals surface area contributed by atoms with Gasteiger partial charge in [0.2, 0.25) is 0 Å². The fourth-order valence-electron chi connectivity index (χ4n) is 0.862. The monoisotopic (exact) mass is 155 g/mol. The van der Waals surface area contributed by atoms with E-state index < -0.39 is 0 Å². The Labute approximate surface area is 70.1 Å². The molecule has 0 bridgehead atoms. The van der Waals surface area contributed by atoms with Crippen LogP contribution in [-0.4, -0.2) is 15.0 Å². The minimum Gasteiger partial charge on any atom is -0.255 e. The molecular formula is C9H5N3. The van der Waals surface area contributed by atoms with Gasteiger partial charge in [-0.3, -0.25) is 4.98 Å². The van der Waals surface area contributed by atoms with E-state index in [-0.39, 0.29) is 0 Å². The lowest BCUT2D eigenvalue weighted by atomic mass is 10.2. The fourth-order valence-corrected chi connectivity index (χ4v) is 0.862. The van der Waals surface area contributed by atoms with Crippen LogP contribution in [0.3, 0.4) is 0 Å². The van der Waals surface area contributed by atoms with E-state index >= 15 is 0 Å². The SMILES string of the molecule is [c]1cc(-c2n[c]ccn2)ccn1. The highest BCUT2D eigenvalue weighted by atomic mass is 14.9. The number of rotatable bonds is 1. The Kier molecular flexibility index (Phi) is 1.78. The van der Waals surface area contributed by atoms with Crippen molar-refractivity contribution in [1.29, 1.82) is 0 Å². The molecule has 0 fully saturated rings. The van der Waals surface area contributed by atoms with E-state index in [2.05, 4.69) is 27.3 Å². The molecule has 3 nitrogen and oxygen atoms in total. The van der Waals surface area contributed by atoms with Gasteiger partial charge in [0.25, 0.3) is 0 Å². The third-order valence-electron chi connectivity index (χ3n) is 1.40. The lowest BCUT2D eigenvalue weighted by Crippen LogP contribution is -1.86. The molecule has 3 heteroatoms. The predicted molar refractivity (Wildman–Crippen MR) is 42.9 cm³/mol. The zero-order valence-corrected chi connectivity index (χ0v) is 6.23. The minimum absolute atomic E-state index is 0.649. The summed E-state index contributed by atoms with van der Waals surface area (Å²) in [6.45, 7) is 0. The van der Waals surface area contributed by atoms with Crippen LogP contribution in [0.4, 0.5) is 0 Å². The molecular weight excluding hydrogens is 150 g/mol. The van der Waals surface area contributed by atoms with Crippen LogP contribution >= 0.6 is 0 Å². The first-order valence-electron chi connectivity index (χ1n) is 3.48. The molecule has 0 amide bonds. The summed E-state index contributed by atoms with van der Waals surface area (Å²) in [7, 11) is 0. The molecule has 0 aromatic carbocycles. The molecule has 0 unspecified atom stereocenters. The fraction of sp³-hybridized carbons (Fsp3) is 0. The molecule has 2 radical (unpaired) electrons. The molecule has 2 aromatic rings. The van der Waals surface area contributed by atoms with Crippen LogP contribution in [0.1, 0.15) is 0 Å². The second kappa shape index (κ2) is 3.09. The first-order valence-corrected chi connectivity index (χ1v) is 3.48. The minimum atomic E-state index is 0.649. The average Bonchev–Trinajstić information content (AvgIpc) is 2.21. The molecule has 0 N–H and O–H groups in total. The Morgan fingerprint density at radius 2 is 2.17 bits per heavy atom. The standard InChI is InChI=1S/C9H5N3/c1-4-11-9(12-5-1)8-2-6-10-7-3-8/h1-4,6H. The van der Waals surface area contributed by atoms with Crippen molar-refractivity contribution in [2.45, 2.75) is 0 Å². The summed E-state index contributed by atoms with van der Waals surface area (Å²) in [6.07, 6.45) is 8.74. The number of hydrogen-bond donors (Lipinski definition) is 0. The summed E-state index contributed by atoms with van der Waals surface area (Å²) in [5.41, 5.74) is 0.904. The Hall–Kier alpha value is -1.77. The van der Waals surface area contributed by atoms with Crippen LogP contribution in [0.2, 0.25) is 0 Å². The van der Waals surface area contributed by atoms with Crippen molar-refractivity contribution >= 4 is 0 Å². The van der Waals surface area contributed by atoms with Crippen LogP contribution in [0.25, 0.3) is 11.4 Å². The van der Waals surface area contributed by atoms with Gasteiger partial charge >= 0.3 is 0 Å². The quantitative estimate of drug-likeness (QED) is 0.619. The molecule has 0 aliphatic rings. The summed E-state index contributed by atoms with van der Waals surface area (Å²) >= 11 is 0. The smallest absolute Gasteiger partial charge is 0.159 e. The third kappa shape index (κ3) is 1.29. The molecule has 0 saturated carbocycles. The van der Waals surface area contributed by atoms with E-state index in [1.165, 1.54) is 0 Å². The van der Waals surface area contributed by atoms with E-state index in [0.717, 1.165) is 5.56 Å². The second-order valence-electron chi connectivity index (χ2n) is 2.18. The van der Waals surface area contributed by atoms with Gasteiger partial charge < -0.3 is 0 Å². The Balaban J connectivity index is 2.46. The van der Waals surface area contributed by atoms with Crippen molar-refractivity contribution in [3.05, 3.63) is 43.0 Å². The first-order chi connectivity index (χ1) is 5.97. The number of hydrogen-bond acceptors (Lipinski definition) is 3. The third-order valence-corrected chi connectivity index (χ3v) is 1.40. The zero-order valence-electron chi connectivity index (χ0n) is 6.23. The van der Waals surface area contributed by atoms with Gasteiger partial charge in [-0.05, 0) is 18.2 Å². The van der Waals surface area contributed by atoms with Gasteiger partial charge in [-0.15, -0.1) is 0 Å². The van der Waals surface area contributed by atoms with E-state index in [1.54, 1.807) is 24.5 Å². The first kappa shape index (κ1) is 6.91. The van der Waals surface area contributed by atoms with Gasteiger partial charge in [-0.25, -0.2) is 9.97 Å². The molecule has 2 aromatic heterocycles. The highest BCUT2D eigenvalue weighted by Gasteiger charge is 1.96. The topological polar surface area (TPSA) is 38.7 Å². The summed E-state index contributed by atoms with van der Waals surface area (Å²) < 4.78 is 0. The van der Waals surface area contributed by atoms with Crippen molar-refractivity contribution in [2.24, 2.45) is 0 Å². The lowest BCUT2D eigenvalue weighted by Gasteiger charge is -1.95. The summed E-state index contributed by atoms with van der Waals surface area (Å²) in [5, 5.41) is 0. The van der Waals surface area contributed by atoms with Crippen LogP contribution in [0, 0.1) is 12.4 Å². The molecule has 0 spiro atoms. The molecule has 2 heterocycles. The van der Waals surface area contributed by atoms with Gasteiger partial charge in [0.05, 0.1) is 12.4 Å². The normalized spacial score (nSPS) is 9.67. The second-order valence-corrected chi connectivity index (χ2v) is 2.18. The van der Waals surface area contributed by atoms with Crippen LogP contribution in [0.15, 0.2) is 30.6 Å². The molecule has 2 rings (SSSR count). The van der Waals surface area contributed by atoms with Crippen molar-refractivity contribution in [2.75, 3.05) is 0 Å². The number of aromatic nitrogens is 3. The van der Waals surface area contributed by atoms with Gasteiger partial charge in [-0.1, -0.05) is 0 Å². The lowest BCUT2D eigenvalue weighted by molar-refractivity contribution is 1.16. The Morgan fingerprint density at radius 3 is 2.83 bits per heavy atom. The summed E-state index contributed by atoms with van der Waals surface area (Å²) in [5.74, 6) is 0.649. The van der Waals surface area contributed by atoms with Gasteiger partial charge in [-0.2, -0.15) is 0 Å². The number of pyridine rings is 1. The van der Waals surface area contributed by atoms with E-state index in [1.807, 2.05) is 6.07 Å². The van der Waals surface area contributed by atoms with Crippen LogP contribution in [-0.2, 0) is 0 Å². The van der Waals surface area contributed by atoms with E-state index in [9.17, 15) is 0 Å². The van der Waals surface area contributed by atoms with Crippen molar-refractivity contribution < 1.29 is 0 Å². The van der Waals surface area contributed by atoms with Crippen molar-refractivity contribution in [3.63, 3.8) is 0 Å². The van der Waals surface area contributed by atoms with Gasteiger partial charge in [0, 0.05) is 18.0 Å². The maximum atomic E-state index is 4.06. The van der Waals surface area contributed by atoms with Crippen molar-refractivity contribution in [1.82, 2.24) is 15.0 Å². The molecule has 0 atom stereocenters. The van der Waals surface area contributed by atoms with Crippen LogP contribution in [0.5, 0.6) is 0 Å². The predicted octanol–water partition coefficient (Wildman–Crippen LogP) is 1.14. The van der Waals surface area contributed by atoms with Gasteiger partial charge in [0.15, 0.2) is 5.82 Å². The summed E-state index contributed by atoms with van der Waals surface area (Å²) in [6, 6.07) is 5.23. The molecule has 56 valence electrons. The van der Waals surface area contributed by atoms with E-state index in [0.29, 0.717) is 5.82 Å².